The Morgan fingerprint density at radius 3 is 1.33 bits per heavy atom. The Morgan fingerprint density at radius 1 is 0.714 bits per heavy atom. The van der Waals surface area contributed by atoms with E-state index in [2.05, 4.69) is 14.2 Å². The average Bonchev–Trinajstić information content (AvgIpc) is 3.88. The van der Waals surface area contributed by atoms with E-state index in [4.69, 9.17) is 14.6 Å². The first-order valence-corrected chi connectivity index (χ1v) is 14.4. The van der Waals surface area contributed by atoms with Crippen molar-refractivity contribution in [3.8, 4) is 0 Å². The molecule has 13 nitrogen and oxygen atoms in total. The summed E-state index contributed by atoms with van der Waals surface area (Å²) in [6, 6.07) is 0. The van der Waals surface area contributed by atoms with Crippen LogP contribution in [-0.4, -0.2) is 97.0 Å². The highest BCUT2D eigenvalue weighted by atomic mass is 16.5. The fraction of sp³-hybridized carbons (Fsp3) is 0.828. The Kier molecular flexibility index (Phi) is 13.6. The fourth-order valence-corrected chi connectivity index (χ4v) is 5.56. The third-order valence-corrected chi connectivity index (χ3v) is 8.54. The van der Waals surface area contributed by atoms with Crippen molar-refractivity contribution < 1.29 is 63.0 Å². The molecule has 5 atom stereocenters. The van der Waals surface area contributed by atoms with E-state index in [1.165, 1.54) is 21.3 Å². The van der Waals surface area contributed by atoms with Crippen LogP contribution in [0.4, 0.5) is 0 Å². The summed E-state index contributed by atoms with van der Waals surface area (Å²) < 4.78 is 25.1. The third-order valence-electron chi connectivity index (χ3n) is 8.54. The topological polar surface area (TPSA) is 192 Å². The van der Waals surface area contributed by atoms with Crippen LogP contribution in [0.25, 0.3) is 0 Å². The van der Waals surface area contributed by atoms with Crippen molar-refractivity contribution in [2.24, 2.45) is 23.7 Å². The van der Waals surface area contributed by atoms with Crippen molar-refractivity contribution in [2.75, 3.05) is 34.5 Å². The Labute approximate surface area is 246 Å². The minimum atomic E-state index is -0.905. The van der Waals surface area contributed by atoms with Crippen LogP contribution >= 0.6 is 0 Å². The minimum Gasteiger partial charge on any atom is -0.481 e. The Balaban J connectivity index is 0.000000236. The number of carbonyl (C=O) groups is 5. The number of carboxylic acid groups (broad SMARTS) is 3. The number of carbonyl (C=O) groups excluding carboxylic acids is 2. The van der Waals surface area contributed by atoms with Gasteiger partial charge < -0.3 is 39.0 Å². The molecule has 240 valence electrons. The maximum atomic E-state index is 11.2. The molecule has 3 N–H and O–H groups in total. The summed E-state index contributed by atoms with van der Waals surface area (Å²) in [6.07, 6.45) is 6.89. The molecule has 13 heteroatoms. The molecule has 0 aromatic carbocycles. The molecular formula is C29H46O13. The van der Waals surface area contributed by atoms with E-state index in [0.29, 0.717) is 13.2 Å². The normalized spacial score (nSPS) is 24.8. The lowest BCUT2D eigenvalue weighted by Gasteiger charge is -2.32. The largest absolute Gasteiger partial charge is 0.481 e. The highest BCUT2D eigenvalue weighted by Gasteiger charge is 2.51. The summed E-state index contributed by atoms with van der Waals surface area (Å²) in [5.41, 5.74) is -0.126. The maximum absolute atomic E-state index is 11.2. The first-order valence-electron chi connectivity index (χ1n) is 14.4. The van der Waals surface area contributed by atoms with Crippen molar-refractivity contribution in [3.63, 3.8) is 0 Å². The standard InChI is InChI=1S/2C12H18O5.C5H10O3/c2*1-16-10(13)6-9(11(14)15)8-2-5-17-12(7-8)3-4-12;1-4(8-2)3-5(6)7/h2*8-9H,2-7H2,1H3,(H,14,15);4H,3H2,1-2H3,(H,6,7)/t8-,9+;8-,9-;/m10./s1. The van der Waals surface area contributed by atoms with Crippen LogP contribution in [0.1, 0.15) is 77.6 Å². The Morgan fingerprint density at radius 2 is 1.10 bits per heavy atom. The molecule has 0 radical (unpaired) electrons. The zero-order valence-electron chi connectivity index (χ0n) is 25.0. The molecule has 42 heavy (non-hydrogen) atoms. The maximum Gasteiger partial charge on any atom is 0.307 e. The first kappa shape index (κ1) is 35.4. The zero-order chi connectivity index (χ0) is 31.5. The van der Waals surface area contributed by atoms with E-state index in [1.807, 2.05) is 0 Å². The SMILES string of the molecule is COC(=O)C[C@H](C(=O)O)[C@@H]1CCOC2(CC2)C1.COC(=O)C[C@H](C(=O)O)[C@H]1CCOC2(CC2)C1.COC(C)CC(=O)O. The predicted octanol–water partition coefficient (Wildman–Crippen LogP) is 2.92. The van der Waals surface area contributed by atoms with Gasteiger partial charge in [0.2, 0.25) is 0 Å². The summed E-state index contributed by atoms with van der Waals surface area (Å²) in [7, 11) is 4.06. The van der Waals surface area contributed by atoms with E-state index in [0.717, 1.165) is 51.4 Å². The van der Waals surface area contributed by atoms with Gasteiger partial charge in [0.05, 0.1) is 62.6 Å². The fourth-order valence-electron chi connectivity index (χ4n) is 5.56. The summed E-state index contributed by atoms with van der Waals surface area (Å²) in [6.45, 7) is 2.93. The molecule has 0 aromatic heterocycles. The molecule has 4 aliphatic rings. The highest BCUT2D eigenvalue weighted by molar-refractivity contribution is 5.79. The Hall–Kier alpha value is -2.77. The van der Waals surface area contributed by atoms with E-state index >= 15 is 0 Å². The van der Waals surface area contributed by atoms with Gasteiger partial charge in [-0.1, -0.05) is 0 Å². The summed E-state index contributed by atoms with van der Waals surface area (Å²) in [5.74, 6) is -4.74. The molecule has 0 bridgehead atoms. The van der Waals surface area contributed by atoms with Crippen molar-refractivity contribution in [2.45, 2.75) is 94.9 Å². The van der Waals surface area contributed by atoms with Crippen LogP contribution in [0.3, 0.4) is 0 Å². The van der Waals surface area contributed by atoms with E-state index in [-0.39, 0.29) is 48.4 Å². The van der Waals surface area contributed by atoms with Crippen LogP contribution in [-0.2, 0) is 47.7 Å². The van der Waals surface area contributed by atoms with Gasteiger partial charge in [-0.05, 0) is 70.1 Å². The van der Waals surface area contributed by atoms with Crippen LogP contribution in [0.5, 0.6) is 0 Å². The molecule has 2 aliphatic heterocycles. The van der Waals surface area contributed by atoms with Crippen LogP contribution in [0, 0.1) is 23.7 Å². The molecule has 4 fully saturated rings. The van der Waals surface area contributed by atoms with Crippen LogP contribution in [0.15, 0.2) is 0 Å². The van der Waals surface area contributed by atoms with E-state index < -0.39 is 41.7 Å². The van der Waals surface area contributed by atoms with Gasteiger partial charge in [0, 0.05) is 20.3 Å². The number of ether oxygens (including phenoxy) is 5. The van der Waals surface area contributed by atoms with Crippen molar-refractivity contribution in [3.05, 3.63) is 0 Å². The van der Waals surface area contributed by atoms with Gasteiger partial charge in [-0.25, -0.2) is 0 Å². The highest BCUT2D eigenvalue weighted by Crippen LogP contribution is 2.51. The van der Waals surface area contributed by atoms with Gasteiger partial charge >= 0.3 is 29.8 Å². The lowest BCUT2D eigenvalue weighted by Crippen LogP contribution is -2.35. The molecule has 2 saturated carbocycles. The second kappa shape index (κ2) is 16.2. The number of hydrogen-bond donors (Lipinski definition) is 3. The molecule has 2 aliphatic carbocycles. The van der Waals surface area contributed by atoms with Crippen molar-refractivity contribution in [1.82, 2.24) is 0 Å². The molecular weight excluding hydrogens is 556 g/mol. The summed E-state index contributed by atoms with van der Waals surface area (Å²) in [5, 5.41) is 26.6. The quantitative estimate of drug-likeness (QED) is 0.293. The van der Waals surface area contributed by atoms with Crippen LogP contribution in [0.2, 0.25) is 0 Å². The lowest BCUT2D eigenvalue weighted by atomic mass is 9.81. The van der Waals surface area contributed by atoms with Gasteiger partial charge in [-0.15, -0.1) is 0 Å². The number of hydrogen-bond acceptors (Lipinski definition) is 10. The monoisotopic (exact) mass is 602 g/mol. The van der Waals surface area contributed by atoms with E-state index in [9.17, 15) is 34.2 Å². The van der Waals surface area contributed by atoms with Gasteiger partial charge in [-0.3, -0.25) is 24.0 Å². The van der Waals surface area contributed by atoms with Crippen molar-refractivity contribution >= 4 is 29.8 Å². The average molecular weight is 603 g/mol. The van der Waals surface area contributed by atoms with Gasteiger partial charge in [-0.2, -0.15) is 0 Å². The summed E-state index contributed by atoms with van der Waals surface area (Å²) in [4.78, 5) is 54.8. The number of carboxylic acids is 3. The second-order valence-electron chi connectivity index (χ2n) is 11.7. The number of esters is 2. The van der Waals surface area contributed by atoms with Gasteiger partial charge in [0.25, 0.3) is 0 Å². The zero-order valence-corrected chi connectivity index (χ0v) is 25.0. The Bertz CT molecular complexity index is 876. The molecule has 2 spiro atoms. The first-order chi connectivity index (χ1) is 19.8. The molecule has 2 saturated heterocycles. The predicted molar refractivity (Wildman–Crippen MR) is 146 cm³/mol. The molecule has 2 heterocycles. The third kappa shape index (κ3) is 11.5. The summed E-state index contributed by atoms with van der Waals surface area (Å²) >= 11 is 0. The smallest absolute Gasteiger partial charge is 0.307 e. The number of rotatable bonds is 11. The van der Waals surface area contributed by atoms with Gasteiger partial charge in [0.15, 0.2) is 0 Å². The number of aliphatic carboxylic acids is 3. The lowest BCUT2D eigenvalue weighted by molar-refractivity contribution is -0.154. The van der Waals surface area contributed by atoms with Crippen LogP contribution < -0.4 is 0 Å². The molecule has 0 amide bonds. The van der Waals surface area contributed by atoms with Gasteiger partial charge in [0.1, 0.15) is 0 Å². The minimum absolute atomic E-state index is 0.0304. The molecule has 4 rings (SSSR count). The number of methoxy groups -OCH3 is 3. The second-order valence-corrected chi connectivity index (χ2v) is 11.7. The molecule has 1 unspecified atom stereocenters. The van der Waals surface area contributed by atoms with Crippen molar-refractivity contribution in [1.29, 1.82) is 0 Å². The molecule has 0 aromatic rings. The van der Waals surface area contributed by atoms with E-state index in [1.54, 1.807) is 6.92 Å².